The summed E-state index contributed by atoms with van der Waals surface area (Å²) in [5.74, 6) is -0.243. The molecule has 0 radical (unpaired) electrons. The molecule has 0 aromatic heterocycles. The van der Waals surface area contributed by atoms with Gasteiger partial charge in [-0.25, -0.2) is 13.2 Å². The van der Waals surface area contributed by atoms with Crippen LogP contribution in [0.3, 0.4) is 0 Å². The highest BCUT2D eigenvalue weighted by molar-refractivity contribution is 7.89. The molecule has 178 valence electrons. The number of esters is 1. The van der Waals surface area contributed by atoms with E-state index in [4.69, 9.17) is 14.2 Å². The Balaban J connectivity index is 1.92. The number of hydrogen-bond donors (Lipinski definition) is 1. The van der Waals surface area contributed by atoms with Gasteiger partial charge in [0.05, 0.1) is 19.1 Å². The zero-order valence-electron chi connectivity index (χ0n) is 19.0. The Kier molecular flexibility index (Phi) is 9.43. The Morgan fingerprint density at radius 3 is 2.06 bits per heavy atom. The van der Waals surface area contributed by atoms with Crippen molar-refractivity contribution in [3.05, 3.63) is 54.1 Å². The first-order chi connectivity index (χ1) is 15.7. The van der Waals surface area contributed by atoms with Crippen LogP contribution in [0, 0.1) is 0 Å². The van der Waals surface area contributed by atoms with E-state index >= 15 is 0 Å². The number of benzene rings is 2. The lowest BCUT2D eigenvalue weighted by atomic mass is 10.2. The van der Waals surface area contributed by atoms with Crippen molar-refractivity contribution in [2.75, 3.05) is 39.2 Å². The van der Waals surface area contributed by atoms with Gasteiger partial charge in [-0.15, -0.1) is 0 Å². The molecule has 1 amide bonds. The largest absolute Gasteiger partial charge is 0.497 e. The Bertz CT molecular complexity index is 1070. The summed E-state index contributed by atoms with van der Waals surface area (Å²) < 4.78 is 41.6. The molecule has 1 N–H and O–H groups in total. The molecule has 0 unspecified atom stereocenters. The second-order valence-electron chi connectivity index (χ2n) is 6.75. The van der Waals surface area contributed by atoms with Crippen LogP contribution in [-0.2, 0) is 24.3 Å². The third kappa shape index (κ3) is 7.33. The van der Waals surface area contributed by atoms with Gasteiger partial charge in [0.15, 0.2) is 6.61 Å². The molecule has 0 fully saturated rings. The molecule has 2 aromatic rings. The standard InChI is InChI=1S/C23H28N2O7S/c1-5-25(6-2)33(28,29)21-10-7-17(8-11-21)9-12-23(27)32-16-22(26)24-18-13-19(30-3)15-20(14-18)31-4/h7-15H,5-6,16H2,1-4H3,(H,24,26). The van der Waals surface area contributed by atoms with Crippen molar-refractivity contribution in [3.8, 4) is 11.5 Å². The number of carbonyl (C=O) groups is 2. The number of ether oxygens (including phenoxy) is 3. The monoisotopic (exact) mass is 476 g/mol. The average Bonchev–Trinajstić information content (AvgIpc) is 2.81. The second kappa shape index (κ2) is 12.0. The van der Waals surface area contributed by atoms with Crippen LogP contribution in [0.15, 0.2) is 53.4 Å². The Morgan fingerprint density at radius 1 is 0.970 bits per heavy atom. The quantitative estimate of drug-likeness (QED) is 0.392. The van der Waals surface area contributed by atoms with Gasteiger partial charge in [0.25, 0.3) is 5.91 Å². The molecule has 0 saturated heterocycles. The van der Waals surface area contributed by atoms with E-state index in [9.17, 15) is 18.0 Å². The number of amides is 1. The molecule has 2 aromatic carbocycles. The van der Waals surface area contributed by atoms with E-state index in [1.165, 1.54) is 36.7 Å². The van der Waals surface area contributed by atoms with Crippen LogP contribution in [-0.4, -0.2) is 58.5 Å². The fourth-order valence-electron chi connectivity index (χ4n) is 2.89. The van der Waals surface area contributed by atoms with Gasteiger partial charge in [0.1, 0.15) is 11.5 Å². The first-order valence-electron chi connectivity index (χ1n) is 10.2. The Hall–Kier alpha value is -3.37. The molecule has 0 aliphatic carbocycles. The van der Waals surface area contributed by atoms with Gasteiger partial charge in [-0.05, 0) is 23.8 Å². The molecule has 2 rings (SSSR count). The van der Waals surface area contributed by atoms with Crippen LogP contribution in [0.1, 0.15) is 19.4 Å². The fourth-order valence-corrected chi connectivity index (χ4v) is 4.35. The first kappa shape index (κ1) is 25.9. The van der Waals surface area contributed by atoms with Crippen LogP contribution in [0.25, 0.3) is 6.08 Å². The van der Waals surface area contributed by atoms with E-state index in [-0.39, 0.29) is 4.90 Å². The highest BCUT2D eigenvalue weighted by atomic mass is 32.2. The molecule has 0 bridgehead atoms. The zero-order chi connectivity index (χ0) is 24.4. The van der Waals surface area contributed by atoms with Gasteiger partial charge in [-0.3, -0.25) is 4.79 Å². The van der Waals surface area contributed by atoms with Crippen molar-refractivity contribution in [2.24, 2.45) is 0 Å². The molecule has 0 heterocycles. The van der Waals surface area contributed by atoms with E-state index in [1.807, 2.05) is 0 Å². The molecule has 9 nitrogen and oxygen atoms in total. The average molecular weight is 477 g/mol. The second-order valence-corrected chi connectivity index (χ2v) is 8.69. The Labute approximate surface area is 194 Å². The molecule has 0 atom stereocenters. The summed E-state index contributed by atoms with van der Waals surface area (Å²) in [7, 11) is -0.561. The maximum Gasteiger partial charge on any atom is 0.331 e. The lowest BCUT2D eigenvalue weighted by molar-refractivity contribution is -0.142. The first-order valence-corrected chi connectivity index (χ1v) is 11.7. The fraction of sp³-hybridized carbons (Fsp3) is 0.304. The van der Waals surface area contributed by atoms with Crippen molar-refractivity contribution in [1.29, 1.82) is 0 Å². The summed E-state index contributed by atoms with van der Waals surface area (Å²) in [6, 6.07) is 11.0. The smallest absolute Gasteiger partial charge is 0.331 e. The number of sulfonamides is 1. The number of rotatable bonds is 11. The number of carbonyl (C=O) groups excluding carboxylic acids is 2. The summed E-state index contributed by atoms with van der Waals surface area (Å²) in [5, 5.41) is 2.60. The number of nitrogens with one attached hydrogen (secondary N) is 1. The number of anilines is 1. The lowest BCUT2D eigenvalue weighted by Gasteiger charge is -2.18. The van der Waals surface area contributed by atoms with Gasteiger partial charge in [0.2, 0.25) is 10.0 Å². The van der Waals surface area contributed by atoms with Gasteiger partial charge < -0.3 is 19.5 Å². The minimum atomic E-state index is -3.54. The lowest BCUT2D eigenvalue weighted by Crippen LogP contribution is -2.30. The summed E-state index contributed by atoms with van der Waals surface area (Å²) >= 11 is 0. The van der Waals surface area contributed by atoms with E-state index in [2.05, 4.69) is 5.32 Å². The normalized spacial score (nSPS) is 11.4. The molecule has 0 aliphatic heterocycles. The molecule has 0 aliphatic rings. The van der Waals surface area contributed by atoms with E-state index in [0.717, 1.165) is 6.08 Å². The van der Waals surface area contributed by atoms with E-state index < -0.39 is 28.5 Å². The molecule has 33 heavy (non-hydrogen) atoms. The summed E-state index contributed by atoms with van der Waals surface area (Å²) in [4.78, 5) is 24.2. The van der Waals surface area contributed by atoms with E-state index in [0.29, 0.717) is 35.8 Å². The third-order valence-corrected chi connectivity index (χ3v) is 6.68. The van der Waals surface area contributed by atoms with Gasteiger partial charge in [0, 0.05) is 43.1 Å². The minimum absolute atomic E-state index is 0.178. The van der Waals surface area contributed by atoms with Crippen LogP contribution < -0.4 is 14.8 Å². The topological polar surface area (TPSA) is 111 Å². The van der Waals surface area contributed by atoms with Crippen molar-refractivity contribution in [2.45, 2.75) is 18.7 Å². The predicted octanol–water partition coefficient (Wildman–Crippen LogP) is 2.93. The van der Waals surface area contributed by atoms with Crippen molar-refractivity contribution >= 4 is 33.7 Å². The van der Waals surface area contributed by atoms with Crippen molar-refractivity contribution in [3.63, 3.8) is 0 Å². The van der Waals surface area contributed by atoms with Crippen LogP contribution in [0.4, 0.5) is 5.69 Å². The summed E-state index contributed by atoms with van der Waals surface area (Å²) in [6.45, 7) is 3.83. The molecular formula is C23H28N2O7S. The highest BCUT2D eigenvalue weighted by Crippen LogP contribution is 2.25. The maximum absolute atomic E-state index is 12.5. The molecule has 10 heteroatoms. The van der Waals surface area contributed by atoms with Gasteiger partial charge >= 0.3 is 5.97 Å². The summed E-state index contributed by atoms with van der Waals surface area (Å²) in [6.07, 6.45) is 2.64. The minimum Gasteiger partial charge on any atom is -0.497 e. The maximum atomic E-state index is 12.5. The highest BCUT2D eigenvalue weighted by Gasteiger charge is 2.21. The zero-order valence-corrected chi connectivity index (χ0v) is 19.8. The number of methoxy groups -OCH3 is 2. The Morgan fingerprint density at radius 2 is 1.55 bits per heavy atom. The molecule has 0 spiro atoms. The van der Waals surface area contributed by atoms with Crippen LogP contribution in [0.5, 0.6) is 11.5 Å². The van der Waals surface area contributed by atoms with E-state index in [1.54, 1.807) is 44.2 Å². The van der Waals surface area contributed by atoms with Crippen molar-refractivity contribution in [1.82, 2.24) is 4.31 Å². The van der Waals surface area contributed by atoms with Crippen LogP contribution in [0.2, 0.25) is 0 Å². The number of nitrogens with zero attached hydrogens (tertiary/aromatic N) is 1. The third-order valence-electron chi connectivity index (χ3n) is 4.62. The molecule has 0 saturated carbocycles. The number of hydrogen-bond acceptors (Lipinski definition) is 7. The predicted molar refractivity (Wildman–Crippen MR) is 125 cm³/mol. The van der Waals surface area contributed by atoms with Crippen molar-refractivity contribution < 1.29 is 32.2 Å². The SMILES string of the molecule is CCN(CC)S(=O)(=O)c1ccc(C=CC(=O)OCC(=O)Nc2cc(OC)cc(OC)c2)cc1. The van der Waals surface area contributed by atoms with Crippen LogP contribution >= 0.6 is 0 Å². The van der Waals surface area contributed by atoms with Gasteiger partial charge in [-0.1, -0.05) is 26.0 Å². The molecular weight excluding hydrogens is 448 g/mol. The van der Waals surface area contributed by atoms with Gasteiger partial charge in [-0.2, -0.15) is 4.31 Å². The summed E-state index contributed by atoms with van der Waals surface area (Å²) in [5.41, 5.74) is 1.04.